The van der Waals surface area contributed by atoms with Gasteiger partial charge in [0, 0.05) is 45.1 Å². The number of amides is 1. The lowest BCUT2D eigenvalue weighted by Crippen LogP contribution is -2.49. The fourth-order valence-corrected chi connectivity index (χ4v) is 2.93. The molecule has 0 aliphatic carbocycles. The Morgan fingerprint density at radius 2 is 2.00 bits per heavy atom. The summed E-state index contributed by atoms with van der Waals surface area (Å²) in [5.41, 5.74) is 0.359. The van der Waals surface area contributed by atoms with Crippen LogP contribution in [0.3, 0.4) is 0 Å². The van der Waals surface area contributed by atoms with Crippen molar-refractivity contribution in [2.24, 2.45) is 0 Å². The van der Waals surface area contributed by atoms with Crippen LogP contribution >= 0.6 is 11.6 Å². The smallest absolute Gasteiger partial charge is 0.255 e. The van der Waals surface area contributed by atoms with Gasteiger partial charge in [-0.3, -0.25) is 14.4 Å². The SMILES string of the molecule is O=C(c1ccc(F)cc1Cl)N1CCN(CCn2cccn2)CC1. The van der Waals surface area contributed by atoms with E-state index in [2.05, 4.69) is 10.00 Å². The Kier molecular flexibility index (Phi) is 4.93. The van der Waals surface area contributed by atoms with Crippen LogP contribution in [0.2, 0.25) is 5.02 Å². The summed E-state index contributed by atoms with van der Waals surface area (Å²) in [6.07, 6.45) is 3.71. The number of piperazine rings is 1. The zero-order chi connectivity index (χ0) is 16.2. The maximum atomic E-state index is 13.1. The second-order valence-corrected chi connectivity index (χ2v) is 5.93. The molecule has 1 aromatic carbocycles. The van der Waals surface area contributed by atoms with Gasteiger partial charge >= 0.3 is 0 Å². The van der Waals surface area contributed by atoms with Crippen molar-refractivity contribution >= 4 is 17.5 Å². The third-order valence-corrected chi connectivity index (χ3v) is 4.34. The van der Waals surface area contributed by atoms with Crippen molar-refractivity contribution in [3.05, 3.63) is 53.1 Å². The molecule has 7 heteroatoms. The summed E-state index contributed by atoms with van der Waals surface area (Å²) >= 11 is 5.97. The largest absolute Gasteiger partial charge is 0.336 e. The average Bonchev–Trinajstić information content (AvgIpc) is 3.06. The van der Waals surface area contributed by atoms with Gasteiger partial charge in [0.15, 0.2) is 0 Å². The van der Waals surface area contributed by atoms with Crippen molar-refractivity contribution in [2.45, 2.75) is 6.54 Å². The molecule has 0 bridgehead atoms. The number of carbonyl (C=O) groups excluding carboxylic acids is 1. The average molecular weight is 337 g/mol. The zero-order valence-electron chi connectivity index (χ0n) is 12.7. The van der Waals surface area contributed by atoms with E-state index < -0.39 is 5.82 Å². The first-order valence-electron chi connectivity index (χ1n) is 7.57. The van der Waals surface area contributed by atoms with Gasteiger partial charge in [0.1, 0.15) is 5.82 Å². The molecule has 122 valence electrons. The van der Waals surface area contributed by atoms with E-state index in [4.69, 9.17) is 11.6 Å². The Hall–Kier alpha value is -1.92. The van der Waals surface area contributed by atoms with Gasteiger partial charge in [-0.25, -0.2) is 4.39 Å². The topological polar surface area (TPSA) is 41.4 Å². The number of hydrogen-bond donors (Lipinski definition) is 0. The van der Waals surface area contributed by atoms with E-state index >= 15 is 0 Å². The van der Waals surface area contributed by atoms with Crippen LogP contribution in [0.4, 0.5) is 4.39 Å². The first-order valence-corrected chi connectivity index (χ1v) is 7.95. The van der Waals surface area contributed by atoms with Crippen molar-refractivity contribution in [1.29, 1.82) is 0 Å². The van der Waals surface area contributed by atoms with E-state index in [-0.39, 0.29) is 10.9 Å². The molecule has 1 aliphatic heterocycles. The molecule has 1 fully saturated rings. The van der Waals surface area contributed by atoms with Crippen molar-refractivity contribution < 1.29 is 9.18 Å². The van der Waals surface area contributed by atoms with Gasteiger partial charge in [-0.1, -0.05) is 11.6 Å². The molecule has 3 rings (SSSR count). The van der Waals surface area contributed by atoms with Crippen molar-refractivity contribution in [3.63, 3.8) is 0 Å². The second-order valence-electron chi connectivity index (χ2n) is 5.53. The van der Waals surface area contributed by atoms with Crippen LogP contribution in [0.15, 0.2) is 36.7 Å². The van der Waals surface area contributed by atoms with Gasteiger partial charge in [-0.2, -0.15) is 5.10 Å². The Morgan fingerprint density at radius 1 is 1.22 bits per heavy atom. The van der Waals surface area contributed by atoms with Crippen LogP contribution in [0.1, 0.15) is 10.4 Å². The van der Waals surface area contributed by atoms with Crippen LogP contribution in [0, 0.1) is 5.82 Å². The first-order chi connectivity index (χ1) is 11.1. The van der Waals surface area contributed by atoms with Crippen molar-refractivity contribution in [1.82, 2.24) is 19.6 Å². The Bertz CT molecular complexity index is 669. The predicted octanol–water partition coefficient (Wildman–Crippen LogP) is 2.13. The lowest BCUT2D eigenvalue weighted by atomic mass is 10.1. The fraction of sp³-hybridized carbons (Fsp3) is 0.375. The molecule has 2 aromatic rings. The molecule has 0 N–H and O–H groups in total. The molecular weight excluding hydrogens is 319 g/mol. The van der Waals surface area contributed by atoms with Gasteiger partial charge in [0.25, 0.3) is 5.91 Å². The lowest BCUT2D eigenvalue weighted by molar-refractivity contribution is 0.0632. The summed E-state index contributed by atoms with van der Waals surface area (Å²) in [6.45, 7) is 4.65. The highest BCUT2D eigenvalue weighted by Gasteiger charge is 2.23. The van der Waals surface area contributed by atoms with E-state index in [0.717, 1.165) is 26.2 Å². The quantitative estimate of drug-likeness (QED) is 0.859. The molecule has 1 aliphatic rings. The van der Waals surface area contributed by atoms with E-state index in [9.17, 15) is 9.18 Å². The van der Waals surface area contributed by atoms with Gasteiger partial charge in [-0.05, 0) is 24.3 Å². The van der Waals surface area contributed by atoms with Crippen LogP contribution in [-0.4, -0.2) is 58.2 Å². The van der Waals surface area contributed by atoms with E-state index in [1.807, 2.05) is 16.9 Å². The van der Waals surface area contributed by atoms with Crippen molar-refractivity contribution in [3.8, 4) is 0 Å². The van der Waals surface area contributed by atoms with E-state index in [1.54, 1.807) is 11.1 Å². The predicted molar refractivity (Wildman–Crippen MR) is 86.0 cm³/mol. The summed E-state index contributed by atoms with van der Waals surface area (Å²) in [5.74, 6) is -0.572. The minimum Gasteiger partial charge on any atom is -0.336 e. The second kappa shape index (κ2) is 7.10. The van der Waals surface area contributed by atoms with Crippen LogP contribution < -0.4 is 0 Å². The number of carbonyl (C=O) groups is 1. The molecule has 2 heterocycles. The molecule has 0 saturated carbocycles. The highest BCUT2D eigenvalue weighted by Crippen LogP contribution is 2.19. The van der Waals surface area contributed by atoms with Crippen LogP contribution in [0.5, 0.6) is 0 Å². The zero-order valence-corrected chi connectivity index (χ0v) is 13.4. The molecule has 1 amide bonds. The third-order valence-electron chi connectivity index (χ3n) is 4.03. The number of benzene rings is 1. The minimum atomic E-state index is -0.435. The number of nitrogens with zero attached hydrogens (tertiary/aromatic N) is 4. The Labute approximate surface area is 139 Å². The monoisotopic (exact) mass is 336 g/mol. The number of hydrogen-bond acceptors (Lipinski definition) is 3. The molecule has 5 nitrogen and oxygen atoms in total. The van der Waals surface area contributed by atoms with E-state index in [1.165, 1.54) is 18.2 Å². The molecule has 1 aromatic heterocycles. The summed E-state index contributed by atoms with van der Waals surface area (Å²) in [7, 11) is 0. The molecular formula is C16H18ClFN4O. The van der Waals surface area contributed by atoms with Gasteiger partial charge in [0.05, 0.1) is 17.1 Å². The highest BCUT2D eigenvalue weighted by atomic mass is 35.5. The van der Waals surface area contributed by atoms with Gasteiger partial charge < -0.3 is 4.90 Å². The minimum absolute atomic E-state index is 0.137. The van der Waals surface area contributed by atoms with Crippen molar-refractivity contribution in [2.75, 3.05) is 32.7 Å². The Balaban J connectivity index is 1.53. The van der Waals surface area contributed by atoms with Crippen LogP contribution in [-0.2, 0) is 6.54 Å². The Morgan fingerprint density at radius 3 is 2.65 bits per heavy atom. The standard InChI is InChI=1S/C16H18ClFN4O/c17-15-12-13(18)2-3-14(15)16(23)21-9-6-20(7-10-21)8-11-22-5-1-4-19-22/h1-5,12H,6-11H2. The highest BCUT2D eigenvalue weighted by molar-refractivity contribution is 6.33. The molecule has 23 heavy (non-hydrogen) atoms. The number of halogens is 2. The summed E-state index contributed by atoms with van der Waals surface area (Å²) in [6, 6.07) is 5.79. The lowest BCUT2D eigenvalue weighted by Gasteiger charge is -2.34. The molecule has 0 radical (unpaired) electrons. The maximum Gasteiger partial charge on any atom is 0.255 e. The normalized spacial score (nSPS) is 15.8. The maximum absolute atomic E-state index is 13.1. The molecule has 1 saturated heterocycles. The molecule has 0 atom stereocenters. The van der Waals surface area contributed by atoms with E-state index in [0.29, 0.717) is 18.7 Å². The molecule has 0 unspecified atom stereocenters. The first kappa shape index (κ1) is 16.0. The molecule has 0 spiro atoms. The summed E-state index contributed by atoms with van der Waals surface area (Å²) in [4.78, 5) is 16.5. The van der Waals surface area contributed by atoms with Crippen LogP contribution in [0.25, 0.3) is 0 Å². The number of aromatic nitrogens is 2. The fourth-order valence-electron chi connectivity index (χ4n) is 2.68. The summed E-state index contributed by atoms with van der Waals surface area (Å²) < 4.78 is 15.0. The number of rotatable bonds is 4. The summed E-state index contributed by atoms with van der Waals surface area (Å²) in [5, 5.41) is 4.34. The third kappa shape index (κ3) is 3.89. The van der Waals surface area contributed by atoms with Gasteiger partial charge in [0.2, 0.25) is 0 Å². The van der Waals surface area contributed by atoms with Gasteiger partial charge in [-0.15, -0.1) is 0 Å².